The number of nitrogens with zero attached hydrogens (tertiary/aromatic N) is 2. The average molecular weight is 561 g/mol. The first-order valence-corrected chi connectivity index (χ1v) is 14.1. The molecule has 1 aliphatic heterocycles. The minimum absolute atomic E-state index is 0.338. The second-order valence-electron chi connectivity index (χ2n) is 11.3. The van der Waals surface area contributed by atoms with E-state index in [9.17, 15) is 9.59 Å². The molecule has 0 N–H and O–H groups in total. The molecule has 1 atom stereocenters. The van der Waals surface area contributed by atoms with E-state index >= 15 is 0 Å². The van der Waals surface area contributed by atoms with Crippen LogP contribution in [0, 0.1) is 0 Å². The number of hydrogen-bond donors (Lipinski definition) is 0. The maximum atomic E-state index is 14.7. The Morgan fingerprint density at radius 3 is 1.76 bits per heavy atom. The van der Waals surface area contributed by atoms with Gasteiger partial charge in [0.05, 0.1) is 5.69 Å². The SMILES string of the molecule is CC1=CN(Cc2ccccc2N(C(=O)OC(C)(C)C)C(c2ccccc2)(c2ccccc2)c2ccccc2)C(C=O)O1. The van der Waals surface area contributed by atoms with Crippen LogP contribution in [0.2, 0.25) is 0 Å². The van der Waals surface area contributed by atoms with Crippen LogP contribution in [0.3, 0.4) is 0 Å². The normalized spacial score (nSPS) is 15.0. The van der Waals surface area contributed by atoms with E-state index in [4.69, 9.17) is 9.47 Å². The molecule has 0 bridgehead atoms. The average Bonchev–Trinajstić information content (AvgIpc) is 3.35. The number of para-hydroxylation sites is 1. The van der Waals surface area contributed by atoms with Crippen molar-refractivity contribution in [3.05, 3.63) is 149 Å². The van der Waals surface area contributed by atoms with Crippen LogP contribution in [0.5, 0.6) is 0 Å². The van der Waals surface area contributed by atoms with Crippen molar-refractivity contribution in [2.24, 2.45) is 0 Å². The Kier molecular flexibility index (Phi) is 8.16. The number of ether oxygens (including phenoxy) is 2. The van der Waals surface area contributed by atoms with Crippen LogP contribution in [0.25, 0.3) is 0 Å². The summed E-state index contributed by atoms with van der Waals surface area (Å²) in [6, 6.07) is 37.9. The summed E-state index contributed by atoms with van der Waals surface area (Å²) in [7, 11) is 0. The number of rotatable bonds is 8. The number of hydrogen-bond acceptors (Lipinski definition) is 5. The molecule has 0 saturated carbocycles. The van der Waals surface area contributed by atoms with Gasteiger partial charge in [-0.25, -0.2) is 4.79 Å². The van der Waals surface area contributed by atoms with Gasteiger partial charge in [-0.2, -0.15) is 0 Å². The van der Waals surface area contributed by atoms with E-state index in [1.165, 1.54) is 0 Å². The van der Waals surface area contributed by atoms with Crippen molar-refractivity contribution in [2.45, 2.75) is 51.6 Å². The number of carbonyl (C=O) groups is 2. The van der Waals surface area contributed by atoms with Crippen LogP contribution in [-0.4, -0.2) is 29.1 Å². The van der Waals surface area contributed by atoms with E-state index in [1.54, 1.807) is 4.90 Å². The van der Waals surface area contributed by atoms with Crippen LogP contribution >= 0.6 is 0 Å². The number of carbonyl (C=O) groups excluding carboxylic acids is 2. The quantitative estimate of drug-likeness (QED) is 0.164. The second kappa shape index (κ2) is 12.0. The minimum Gasteiger partial charge on any atom is -0.467 e. The molecule has 0 fully saturated rings. The lowest BCUT2D eigenvalue weighted by atomic mass is 9.75. The Labute approximate surface area is 247 Å². The number of benzene rings is 4. The highest BCUT2D eigenvalue weighted by atomic mass is 16.6. The van der Waals surface area contributed by atoms with E-state index in [0.29, 0.717) is 18.0 Å². The van der Waals surface area contributed by atoms with Crippen molar-refractivity contribution in [2.75, 3.05) is 4.90 Å². The number of amides is 1. The van der Waals surface area contributed by atoms with Gasteiger partial charge < -0.3 is 14.4 Å². The van der Waals surface area contributed by atoms with Crippen LogP contribution < -0.4 is 4.90 Å². The number of aldehydes is 1. The highest BCUT2D eigenvalue weighted by Crippen LogP contribution is 2.46. The summed E-state index contributed by atoms with van der Waals surface area (Å²) in [6.45, 7) is 7.77. The lowest BCUT2D eigenvalue weighted by Crippen LogP contribution is -2.53. The third-order valence-electron chi connectivity index (χ3n) is 7.17. The summed E-state index contributed by atoms with van der Waals surface area (Å²) >= 11 is 0. The predicted octanol–water partition coefficient (Wildman–Crippen LogP) is 7.64. The molecule has 6 nitrogen and oxygen atoms in total. The van der Waals surface area contributed by atoms with Gasteiger partial charge in [-0.15, -0.1) is 0 Å². The standard InChI is InChI=1S/C36H36N2O4/c1-27-24-37(33(26-39)41-27)25-28-16-14-15-23-32(28)38(34(40)42-35(2,3)4)36(29-17-8-5-9-18-29,30-19-10-6-11-20-30)31-21-12-7-13-22-31/h5-24,26,33H,25H2,1-4H3. The zero-order chi connectivity index (χ0) is 29.7. The fourth-order valence-corrected chi connectivity index (χ4v) is 5.55. The van der Waals surface area contributed by atoms with Crippen molar-refractivity contribution >= 4 is 18.1 Å². The van der Waals surface area contributed by atoms with Crippen molar-refractivity contribution < 1.29 is 19.1 Å². The zero-order valence-corrected chi connectivity index (χ0v) is 24.4. The first kappa shape index (κ1) is 28.7. The smallest absolute Gasteiger partial charge is 0.416 e. The van der Waals surface area contributed by atoms with Gasteiger partial charge >= 0.3 is 6.09 Å². The Hall–Kier alpha value is -4.84. The molecule has 5 rings (SSSR count). The number of anilines is 1. The molecular formula is C36H36N2O4. The van der Waals surface area contributed by atoms with Gasteiger partial charge in [0.25, 0.3) is 0 Å². The maximum Gasteiger partial charge on any atom is 0.416 e. The first-order valence-electron chi connectivity index (χ1n) is 14.1. The van der Waals surface area contributed by atoms with Crippen molar-refractivity contribution in [3.63, 3.8) is 0 Å². The highest BCUT2D eigenvalue weighted by Gasteiger charge is 2.48. The molecule has 0 saturated heterocycles. The Morgan fingerprint density at radius 1 is 0.810 bits per heavy atom. The van der Waals surface area contributed by atoms with Crippen molar-refractivity contribution in [1.82, 2.24) is 4.90 Å². The second-order valence-corrected chi connectivity index (χ2v) is 11.3. The molecule has 4 aromatic carbocycles. The van der Waals surface area contributed by atoms with E-state index in [-0.39, 0.29) is 0 Å². The fraction of sp³-hybridized carbons (Fsp3) is 0.222. The van der Waals surface area contributed by atoms with E-state index in [0.717, 1.165) is 28.5 Å². The Balaban J connectivity index is 1.84. The molecule has 214 valence electrons. The summed E-state index contributed by atoms with van der Waals surface area (Å²) in [5.41, 5.74) is 2.31. The largest absolute Gasteiger partial charge is 0.467 e. The van der Waals surface area contributed by atoms with Crippen molar-refractivity contribution in [3.8, 4) is 0 Å². The fourth-order valence-electron chi connectivity index (χ4n) is 5.55. The molecule has 0 radical (unpaired) electrons. The summed E-state index contributed by atoms with van der Waals surface area (Å²) in [5, 5.41) is 0. The molecule has 6 heteroatoms. The van der Waals surface area contributed by atoms with E-state index < -0.39 is 23.5 Å². The van der Waals surface area contributed by atoms with Crippen LogP contribution in [0.1, 0.15) is 49.9 Å². The molecule has 0 aromatic heterocycles. The summed E-state index contributed by atoms with van der Waals surface area (Å²) in [5.74, 6) is 0.654. The minimum atomic E-state index is -1.11. The highest BCUT2D eigenvalue weighted by molar-refractivity contribution is 5.93. The van der Waals surface area contributed by atoms with Gasteiger partial charge in [0, 0.05) is 12.7 Å². The third-order valence-corrected chi connectivity index (χ3v) is 7.17. The van der Waals surface area contributed by atoms with Crippen molar-refractivity contribution in [1.29, 1.82) is 0 Å². The summed E-state index contributed by atoms with van der Waals surface area (Å²) in [6.07, 6.45) is 1.37. The monoisotopic (exact) mass is 560 g/mol. The third kappa shape index (κ3) is 5.66. The van der Waals surface area contributed by atoms with Gasteiger partial charge in [-0.1, -0.05) is 109 Å². The molecule has 1 heterocycles. The molecule has 1 unspecified atom stereocenters. The van der Waals surface area contributed by atoms with Crippen LogP contribution in [-0.2, 0) is 26.4 Å². The van der Waals surface area contributed by atoms with E-state index in [2.05, 4.69) is 0 Å². The predicted molar refractivity (Wildman–Crippen MR) is 165 cm³/mol. The van der Waals surface area contributed by atoms with Crippen LogP contribution in [0.15, 0.2) is 127 Å². The lowest BCUT2D eigenvalue weighted by Gasteiger charge is -2.46. The van der Waals surface area contributed by atoms with E-state index in [1.807, 2.05) is 154 Å². The Morgan fingerprint density at radius 2 is 1.29 bits per heavy atom. The van der Waals surface area contributed by atoms with Gasteiger partial charge in [0.2, 0.25) is 6.23 Å². The number of allylic oxidation sites excluding steroid dienone is 1. The maximum absolute atomic E-state index is 14.7. The molecule has 0 spiro atoms. The van der Waals surface area contributed by atoms with Gasteiger partial charge in [-0.05, 0) is 56.0 Å². The summed E-state index contributed by atoms with van der Waals surface area (Å²) < 4.78 is 11.9. The molecule has 42 heavy (non-hydrogen) atoms. The van der Waals surface area contributed by atoms with Gasteiger partial charge in [-0.3, -0.25) is 9.69 Å². The summed E-state index contributed by atoms with van der Waals surface area (Å²) in [4.78, 5) is 30.2. The van der Waals surface area contributed by atoms with Gasteiger partial charge in [0.15, 0.2) is 6.29 Å². The van der Waals surface area contributed by atoms with Crippen LogP contribution in [0.4, 0.5) is 10.5 Å². The lowest BCUT2D eigenvalue weighted by molar-refractivity contribution is -0.121. The molecular weight excluding hydrogens is 524 g/mol. The zero-order valence-electron chi connectivity index (χ0n) is 24.4. The first-order chi connectivity index (χ1) is 20.2. The topological polar surface area (TPSA) is 59.1 Å². The molecule has 1 amide bonds. The Bertz CT molecular complexity index is 1450. The molecule has 4 aromatic rings. The molecule has 0 aliphatic carbocycles. The van der Waals surface area contributed by atoms with Gasteiger partial charge in [0.1, 0.15) is 16.9 Å². The molecule has 1 aliphatic rings.